The second-order valence-electron chi connectivity index (χ2n) is 4.89. The molecule has 0 N–H and O–H groups in total. The molecular formula is C14H32ClN. The Bertz CT molecular complexity index is 115. The summed E-state index contributed by atoms with van der Waals surface area (Å²) >= 11 is 0. The highest BCUT2D eigenvalue weighted by molar-refractivity contribution is 4.46. The van der Waals surface area contributed by atoms with E-state index in [9.17, 15) is 0 Å². The molecule has 1 nitrogen and oxygen atoms in total. The molecule has 0 saturated carbocycles. The summed E-state index contributed by atoms with van der Waals surface area (Å²) in [5.41, 5.74) is 0. The molecule has 0 aliphatic carbocycles. The maximum Gasteiger partial charge on any atom is 0.0786 e. The first-order valence-electron chi connectivity index (χ1n) is 7.09. The van der Waals surface area contributed by atoms with Crippen molar-refractivity contribution in [2.24, 2.45) is 0 Å². The van der Waals surface area contributed by atoms with E-state index in [0.717, 1.165) is 0 Å². The van der Waals surface area contributed by atoms with Gasteiger partial charge in [0, 0.05) is 0 Å². The third kappa shape index (κ3) is 7.51. The van der Waals surface area contributed by atoms with E-state index in [-0.39, 0.29) is 12.4 Å². The van der Waals surface area contributed by atoms with Crippen LogP contribution in [0.2, 0.25) is 0 Å². The topological polar surface area (TPSA) is 0 Å². The lowest BCUT2D eigenvalue weighted by atomic mass is 10.1. The fraction of sp³-hybridized carbons (Fsp3) is 1.00. The molecule has 100 valence electrons. The minimum atomic E-state index is 0. The summed E-state index contributed by atoms with van der Waals surface area (Å²) in [5, 5.41) is 0. The van der Waals surface area contributed by atoms with Gasteiger partial charge in [-0.15, -0.1) is 0 Å². The zero-order valence-electron chi connectivity index (χ0n) is 11.9. The van der Waals surface area contributed by atoms with Gasteiger partial charge >= 0.3 is 0 Å². The van der Waals surface area contributed by atoms with Gasteiger partial charge in [-0.25, -0.2) is 0 Å². The van der Waals surface area contributed by atoms with Crippen LogP contribution in [0, 0.1) is 0 Å². The standard InChI is InChI=1S/C14H32N.ClH/c1-5-9-12-15(8-4,13-10-6-2)14-11-7-3;/h5-14H2,1-4H3;1H/q+1;/p-1. The Morgan fingerprint density at radius 1 is 0.625 bits per heavy atom. The van der Waals surface area contributed by atoms with Crippen LogP contribution in [0.4, 0.5) is 0 Å². The van der Waals surface area contributed by atoms with E-state index in [4.69, 9.17) is 0 Å². The van der Waals surface area contributed by atoms with Crippen LogP contribution in [0.15, 0.2) is 0 Å². The summed E-state index contributed by atoms with van der Waals surface area (Å²) in [6.45, 7) is 14.9. The molecule has 0 atom stereocenters. The molecule has 0 fully saturated rings. The van der Waals surface area contributed by atoms with Crippen molar-refractivity contribution in [3.05, 3.63) is 0 Å². The smallest absolute Gasteiger partial charge is 0.0786 e. The number of nitrogens with zero attached hydrogens (tertiary/aromatic N) is 1. The fourth-order valence-electron chi connectivity index (χ4n) is 2.29. The second-order valence-corrected chi connectivity index (χ2v) is 4.89. The van der Waals surface area contributed by atoms with Crippen LogP contribution in [0.1, 0.15) is 66.2 Å². The highest BCUT2D eigenvalue weighted by atomic mass is 35.5. The summed E-state index contributed by atoms with van der Waals surface area (Å²) < 4.78 is 1.38. The van der Waals surface area contributed by atoms with Gasteiger partial charge in [-0.3, -0.25) is 0 Å². The van der Waals surface area contributed by atoms with E-state index in [0.29, 0.717) is 0 Å². The third-order valence-electron chi connectivity index (χ3n) is 3.63. The molecule has 0 amide bonds. The first-order valence-corrected chi connectivity index (χ1v) is 7.09. The van der Waals surface area contributed by atoms with Crippen molar-refractivity contribution >= 4 is 0 Å². The van der Waals surface area contributed by atoms with Crippen molar-refractivity contribution < 1.29 is 16.9 Å². The number of rotatable bonds is 10. The summed E-state index contributed by atoms with van der Waals surface area (Å²) in [4.78, 5) is 0. The van der Waals surface area contributed by atoms with Gasteiger partial charge in [0.15, 0.2) is 0 Å². The molecular weight excluding hydrogens is 218 g/mol. The summed E-state index contributed by atoms with van der Waals surface area (Å²) in [6, 6.07) is 0. The van der Waals surface area contributed by atoms with Gasteiger partial charge in [0.25, 0.3) is 0 Å². The van der Waals surface area contributed by atoms with E-state index in [2.05, 4.69) is 27.7 Å². The Morgan fingerprint density at radius 3 is 1.12 bits per heavy atom. The highest BCUT2D eigenvalue weighted by Gasteiger charge is 2.22. The number of quaternary nitrogens is 1. The first kappa shape index (κ1) is 18.6. The fourth-order valence-corrected chi connectivity index (χ4v) is 2.29. The molecule has 0 heterocycles. The van der Waals surface area contributed by atoms with Gasteiger partial charge in [-0.2, -0.15) is 0 Å². The SMILES string of the molecule is CCCC[N+](CC)(CCCC)CCCC.[Cl-]. The molecule has 16 heavy (non-hydrogen) atoms. The minimum absolute atomic E-state index is 0. The number of hydrogen-bond acceptors (Lipinski definition) is 0. The lowest BCUT2D eigenvalue weighted by molar-refractivity contribution is -0.927. The van der Waals surface area contributed by atoms with Crippen LogP contribution in [0.3, 0.4) is 0 Å². The first-order chi connectivity index (χ1) is 7.24. The molecule has 0 spiro atoms. The Kier molecular flexibility index (Phi) is 13.6. The number of hydrogen-bond donors (Lipinski definition) is 0. The molecule has 0 bridgehead atoms. The number of halogens is 1. The zero-order valence-corrected chi connectivity index (χ0v) is 12.7. The van der Waals surface area contributed by atoms with Crippen molar-refractivity contribution in [2.45, 2.75) is 66.2 Å². The largest absolute Gasteiger partial charge is 1.00 e. The van der Waals surface area contributed by atoms with Crippen LogP contribution in [-0.2, 0) is 0 Å². The quantitative estimate of drug-likeness (QED) is 0.511. The maximum absolute atomic E-state index is 2.38. The molecule has 0 aromatic carbocycles. The predicted octanol–water partition coefficient (Wildman–Crippen LogP) is 1.23. The average molecular weight is 250 g/mol. The summed E-state index contributed by atoms with van der Waals surface area (Å²) in [7, 11) is 0. The maximum atomic E-state index is 2.38. The zero-order chi connectivity index (χ0) is 11.6. The second kappa shape index (κ2) is 11.7. The van der Waals surface area contributed by atoms with E-state index >= 15 is 0 Å². The van der Waals surface area contributed by atoms with Gasteiger partial charge in [0.05, 0.1) is 26.2 Å². The van der Waals surface area contributed by atoms with Gasteiger partial charge in [0.2, 0.25) is 0 Å². The molecule has 0 aliphatic heterocycles. The summed E-state index contributed by atoms with van der Waals surface area (Å²) in [5.74, 6) is 0. The number of unbranched alkanes of at least 4 members (excludes halogenated alkanes) is 3. The molecule has 0 saturated heterocycles. The lowest BCUT2D eigenvalue weighted by Crippen LogP contribution is -3.00. The van der Waals surface area contributed by atoms with Crippen LogP contribution in [0.25, 0.3) is 0 Å². The van der Waals surface area contributed by atoms with Crippen molar-refractivity contribution in [3.63, 3.8) is 0 Å². The van der Waals surface area contributed by atoms with Gasteiger partial charge in [-0.05, 0) is 26.2 Å². The lowest BCUT2D eigenvalue weighted by Gasteiger charge is -2.38. The van der Waals surface area contributed by atoms with Crippen molar-refractivity contribution in [1.82, 2.24) is 0 Å². The third-order valence-corrected chi connectivity index (χ3v) is 3.63. The average Bonchev–Trinajstić information content (AvgIpc) is 2.29. The molecule has 2 heteroatoms. The van der Waals surface area contributed by atoms with Gasteiger partial charge in [0.1, 0.15) is 0 Å². The highest BCUT2D eigenvalue weighted by Crippen LogP contribution is 2.14. The predicted molar refractivity (Wildman–Crippen MR) is 70.1 cm³/mol. The Hall–Kier alpha value is 0.250. The van der Waals surface area contributed by atoms with E-state index < -0.39 is 0 Å². The minimum Gasteiger partial charge on any atom is -1.00 e. The Labute approximate surface area is 110 Å². The molecule has 0 aromatic heterocycles. The van der Waals surface area contributed by atoms with Crippen molar-refractivity contribution in [2.75, 3.05) is 26.2 Å². The van der Waals surface area contributed by atoms with Crippen LogP contribution in [0.5, 0.6) is 0 Å². The van der Waals surface area contributed by atoms with Crippen molar-refractivity contribution in [3.8, 4) is 0 Å². The molecule has 0 aromatic rings. The van der Waals surface area contributed by atoms with E-state index in [1.54, 1.807) is 0 Å². The monoisotopic (exact) mass is 249 g/mol. The van der Waals surface area contributed by atoms with E-state index in [1.807, 2.05) is 0 Å². The van der Waals surface area contributed by atoms with Crippen LogP contribution in [-0.4, -0.2) is 30.7 Å². The Balaban J connectivity index is 0. The van der Waals surface area contributed by atoms with Gasteiger partial charge in [-0.1, -0.05) is 40.0 Å². The molecule has 0 aliphatic rings. The van der Waals surface area contributed by atoms with Crippen LogP contribution < -0.4 is 12.4 Å². The molecule has 0 rings (SSSR count). The normalized spacial score (nSPS) is 11.2. The summed E-state index contributed by atoms with van der Waals surface area (Å²) in [6.07, 6.45) is 8.25. The van der Waals surface area contributed by atoms with Crippen molar-refractivity contribution in [1.29, 1.82) is 0 Å². The molecule has 0 radical (unpaired) electrons. The van der Waals surface area contributed by atoms with E-state index in [1.165, 1.54) is 69.2 Å². The molecule has 0 unspecified atom stereocenters. The van der Waals surface area contributed by atoms with Gasteiger partial charge < -0.3 is 16.9 Å². The Morgan fingerprint density at radius 2 is 0.938 bits per heavy atom. The van der Waals surface area contributed by atoms with Crippen LogP contribution >= 0.6 is 0 Å².